The first kappa shape index (κ1) is 22.7. The number of nitrogens with one attached hydrogen (secondary N) is 2. The number of carbonyl (C=O) groups excluding carboxylic acids is 2. The maximum atomic E-state index is 12.8. The smallest absolute Gasteiger partial charge is 0.317 e. The minimum atomic E-state index is -0.0596. The molecule has 1 aliphatic heterocycles. The summed E-state index contributed by atoms with van der Waals surface area (Å²) in [6.07, 6.45) is 5.71. The molecule has 31 heavy (non-hydrogen) atoms. The molecule has 0 saturated carbocycles. The monoisotopic (exact) mass is 423 g/mol. The number of benzene rings is 1. The summed E-state index contributed by atoms with van der Waals surface area (Å²) in [5.74, 6) is 0.00407. The second-order valence-electron chi connectivity index (χ2n) is 7.88. The van der Waals surface area contributed by atoms with Gasteiger partial charge in [-0.2, -0.15) is 0 Å². The average Bonchev–Trinajstić information content (AvgIpc) is 2.83. The number of aromatic nitrogens is 1. The standard InChI is InChI=1S/C24H33N5O2/c1-2-11-27-24(31)28-15-6-16-29(19-20-9-12-25-13-10-20)22(18-23(30)26-14-17-28)21-7-4-3-5-8-21/h3-5,7-10,12-13,22H,2,6,11,14-19H2,1H3,(H,26,30)(H,27,31). The van der Waals surface area contributed by atoms with Crippen LogP contribution in [0.2, 0.25) is 0 Å². The predicted octanol–water partition coefficient (Wildman–Crippen LogP) is 2.96. The Morgan fingerprint density at radius 3 is 2.65 bits per heavy atom. The van der Waals surface area contributed by atoms with Crippen LogP contribution in [-0.2, 0) is 11.3 Å². The van der Waals surface area contributed by atoms with Crippen LogP contribution in [0.4, 0.5) is 4.79 Å². The maximum absolute atomic E-state index is 12.8. The van der Waals surface area contributed by atoms with Gasteiger partial charge in [0.05, 0.1) is 0 Å². The molecule has 7 heteroatoms. The zero-order valence-electron chi connectivity index (χ0n) is 18.3. The molecule has 1 aliphatic rings. The number of amides is 3. The summed E-state index contributed by atoms with van der Waals surface area (Å²) in [5.41, 5.74) is 2.28. The molecule has 1 saturated heterocycles. The van der Waals surface area contributed by atoms with Crippen LogP contribution >= 0.6 is 0 Å². The molecule has 1 aromatic heterocycles. The van der Waals surface area contributed by atoms with Crippen molar-refractivity contribution >= 4 is 11.9 Å². The molecule has 2 heterocycles. The summed E-state index contributed by atoms with van der Waals surface area (Å²) in [7, 11) is 0. The van der Waals surface area contributed by atoms with Crippen molar-refractivity contribution in [3.05, 3.63) is 66.0 Å². The molecule has 3 amide bonds. The van der Waals surface area contributed by atoms with Gasteiger partial charge in [-0.15, -0.1) is 0 Å². The molecule has 0 aliphatic carbocycles. The summed E-state index contributed by atoms with van der Waals surface area (Å²) < 4.78 is 0. The predicted molar refractivity (Wildman–Crippen MR) is 121 cm³/mol. The van der Waals surface area contributed by atoms with E-state index in [1.54, 1.807) is 12.4 Å². The molecule has 0 radical (unpaired) electrons. The van der Waals surface area contributed by atoms with E-state index >= 15 is 0 Å². The fourth-order valence-corrected chi connectivity index (χ4v) is 3.90. The van der Waals surface area contributed by atoms with Gasteiger partial charge in [-0.1, -0.05) is 37.3 Å². The Bertz CT molecular complexity index is 815. The summed E-state index contributed by atoms with van der Waals surface area (Å²) >= 11 is 0. The normalized spacial score (nSPS) is 18.7. The summed E-state index contributed by atoms with van der Waals surface area (Å²) in [5, 5.41) is 5.96. The van der Waals surface area contributed by atoms with E-state index in [0.717, 1.165) is 37.1 Å². The van der Waals surface area contributed by atoms with Gasteiger partial charge in [0, 0.05) is 64.1 Å². The molecule has 3 rings (SSSR count). The lowest BCUT2D eigenvalue weighted by atomic mass is 10.00. The van der Waals surface area contributed by atoms with Gasteiger partial charge in [0.2, 0.25) is 5.91 Å². The highest BCUT2D eigenvalue weighted by molar-refractivity contribution is 5.77. The Kier molecular flexibility index (Phi) is 8.84. The molecule has 2 N–H and O–H groups in total. The highest BCUT2D eigenvalue weighted by Gasteiger charge is 2.25. The van der Waals surface area contributed by atoms with Crippen molar-refractivity contribution in [1.29, 1.82) is 0 Å². The number of urea groups is 1. The van der Waals surface area contributed by atoms with Crippen LogP contribution in [0.15, 0.2) is 54.9 Å². The van der Waals surface area contributed by atoms with E-state index in [0.29, 0.717) is 32.6 Å². The van der Waals surface area contributed by atoms with Gasteiger partial charge in [0.15, 0.2) is 0 Å². The van der Waals surface area contributed by atoms with Crippen molar-refractivity contribution in [2.24, 2.45) is 0 Å². The molecule has 7 nitrogen and oxygen atoms in total. The van der Waals surface area contributed by atoms with E-state index in [1.165, 1.54) is 0 Å². The van der Waals surface area contributed by atoms with Gasteiger partial charge < -0.3 is 15.5 Å². The van der Waals surface area contributed by atoms with Crippen LogP contribution in [-0.4, -0.2) is 59.4 Å². The van der Waals surface area contributed by atoms with Gasteiger partial charge >= 0.3 is 6.03 Å². The van der Waals surface area contributed by atoms with Gasteiger partial charge in [-0.25, -0.2) is 4.79 Å². The van der Waals surface area contributed by atoms with Crippen molar-refractivity contribution < 1.29 is 9.59 Å². The maximum Gasteiger partial charge on any atom is 0.317 e. The van der Waals surface area contributed by atoms with Gasteiger partial charge in [0.1, 0.15) is 0 Å². The first-order valence-corrected chi connectivity index (χ1v) is 11.1. The van der Waals surface area contributed by atoms with Gasteiger partial charge in [0.25, 0.3) is 0 Å². The number of pyridine rings is 1. The van der Waals surface area contributed by atoms with Crippen molar-refractivity contribution in [2.75, 3.05) is 32.7 Å². The van der Waals surface area contributed by atoms with Crippen molar-refractivity contribution in [2.45, 2.75) is 38.8 Å². The lowest BCUT2D eigenvalue weighted by Crippen LogP contribution is -2.44. The van der Waals surface area contributed by atoms with Gasteiger partial charge in [-0.05, 0) is 36.1 Å². The molecule has 166 valence electrons. The Labute approximate surface area is 184 Å². The molecular weight excluding hydrogens is 390 g/mol. The van der Waals surface area contributed by atoms with E-state index in [4.69, 9.17) is 0 Å². The molecule has 1 aromatic carbocycles. The van der Waals surface area contributed by atoms with E-state index in [-0.39, 0.29) is 18.0 Å². The number of hydrogen-bond acceptors (Lipinski definition) is 4. The van der Waals surface area contributed by atoms with Crippen LogP contribution in [0.5, 0.6) is 0 Å². The molecule has 1 unspecified atom stereocenters. The third-order valence-corrected chi connectivity index (χ3v) is 5.53. The van der Waals surface area contributed by atoms with E-state index < -0.39 is 0 Å². The van der Waals surface area contributed by atoms with Crippen LogP contribution in [0.1, 0.15) is 43.4 Å². The third kappa shape index (κ3) is 7.07. The molecular formula is C24H33N5O2. The largest absolute Gasteiger partial charge is 0.354 e. The Morgan fingerprint density at radius 1 is 1.13 bits per heavy atom. The van der Waals surface area contributed by atoms with Crippen molar-refractivity contribution in [1.82, 2.24) is 25.4 Å². The topological polar surface area (TPSA) is 77.6 Å². The number of rotatable bonds is 5. The second-order valence-corrected chi connectivity index (χ2v) is 7.88. The highest BCUT2D eigenvalue weighted by atomic mass is 16.2. The van der Waals surface area contributed by atoms with Crippen molar-refractivity contribution in [3.63, 3.8) is 0 Å². The van der Waals surface area contributed by atoms with Crippen LogP contribution in [0.3, 0.4) is 0 Å². The lowest BCUT2D eigenvalue weighted by Gasteiger charge is -2.32. The molecule has 2 aromatic rings. The number of nitrogens with zero attached hydrogens (tertiary/aromatic N) is 3. The third-order valence-electron chi connectivity index (χ3n) is 5.53. The molecule has 1 atom stereocenters. The van der Waals surface area contributed by atoms with Crippen LogP contribution in [0.25, 0.3) is 0 Å². The van der Waals surface area contributed by atoms with Gasteiger partial charge in [-0.3, -0.25) is 14.7 Å². The summed E-state index contributed by atoms with van der Waals surface area (Å²) in [6, 6.07) is 14.1. The summed E-state index contributed by atoms with van der Waals surface area (Å²) in [6.45, 7) is 5.83. The molecule has 1 fully saturated rings. The first-order chi connectivity index (χ1) is 15.2. The zero-order valence-corrected chi connectivity index (χ0v) is 18.3. The number of hydrogen-bond donors (Lipinski definition) is 2. The Morgan fingerprint density at radius 2 is 1.90 bits per heavy atom. The first-order valence-electron chi connectivity index (χ1n) is 11.1. The fraction of sp³-hybridized carbons (Fsp3) is 0.458. The Hall–Kier alpha value is -2.93. The quantitative estimate of drug-likeness (QED) is 0.775. The van der Waals surface area contributed by atoms with Crippen LogP contribution in [0, 0.1) is 0 Å². The zero-order chi connectivity index (χ0) is 21.9. The van der Waals surface area contributed by atoms with Crippen LogP contribution < -0.4 is 10.6 Å². The minimum Gasteiger partial charge on any atom is -0.354 e. The Balaban J connectivity index is 1.81. The van der Waals surface area contributed by atoms with E-state index in [1.807, 2.05) is 42.2 Å². The average molecular weight is 424 g/mol. The molecule has 0 bridgehead atoms. The minimum absolute atomic E-state index is 0.00407. The summed E-state index contributed by atoms with van der Waals surface area (Å²) in [4.78, 5) is 33.6. The fourth-order valence-electron chi connectivity index (χ4n) is 3.90. The second kappa shape index (κ2) is 12.1. The molecule has 0 spiro atoms. The number of carbonyl (C=O) groups is 2. The lowest BCUT2D eigenvalue weighted by molar-refractivity contribution is -0.122. The van der Waals surface area contributed by atoms with Crippen molar-refractivity contribution in [3.8, 4) is 0 Å². The highest BCUT2D eigenvalue weighted by Crippen LogP contribution is 2.27. The van der Waals surface area contributed by atoms with E-state index in [9.17, 15) is 9.59 Å². The van der Waals surface area contributed by atoms with E-state index in [2.05, 4.69) is 32.7 Å². The SMILES string of the molecule is CCCNC(=O)N1CCCN(Cc2ccncc2)C(c2ccccc2)CC(=O)NCC1.